The number of hydrogen-bond acceptors (Lipinski definition) is 4. The first-order chi connectivity index (χ1) is 4.09. The molecule has 0 aromatic heterocycles. The lowest BCUT2D eigenvalue weighted by Crippen LogP contribution is -2.42. The fraction of sp³-hybridized carbons (Fsp3) is 1.00. The van der Waals surface area contributed by atoms with Gasteiger partial charge < -0.3 is 21.1 Å². The van der Waals surface area contributed by atoms with E-state index in [0.717, 1.165) is 0 Å². The second kappa shape index (κ2) is 3.79. The average Bonchev–Trinajstić information content (AvgIpc) is 1.84. The van der Waals surface area contributed by atoms with Crippen LogP contribution in [0.2, 0.25) is 0 Å². The topological polar surface area (TPSA) is 86.7 Å². The molecule has 0 radical (unpaired) electrons. The normalized spacial score (nSPS) is 21.0. The zero-order valence-corrected chi connectivity index (χ0v) is 5.36. The third kappa shape index (κ3) is 2.76. The lowest BCUT2D eigenvalue weighted by molar-refractivity contribution is -0.0571. The zero-order valence-electron chi connectivity index (χ0n) is 5.36. The van der Waals surface area contributed by atoms with Crippen molar-refractivity contribution < 1.29 is 15.3 Å². The van der Waals surface area contributed by atoms with Crippen LogP contribution in [0.5, 0.6) is 0 Å². The van der Waals surface area contributed by atoms with Crippen LogP contribution in [0.15, 0.2) is 0 Å². The van der Waals surface area contributed by atoms with Crippen LogP contribution in [0, 0.1) is 0 Å². The molecule has 4 nitrogen and oxygen atoms in total. The fourth-order valence-electron chi connectivity index (χ4n) is 0.469. The second-order valence-corrected chi connectivity index (χ2v) is 1.96. The Bertz CT molecular complexity index is 76.6. The number of aliphatic hydroxyl groups excluding tert-OH is 3. The molecule has 9 heavy (non-hydrogen) atoms. The summed E-state index contributed by atoms with van der Waals surface area (Å²) in [6.45, 7) is 1.69. The highest BCUT2D eigenvalue weighted by Gasteiger charge is 2.18. The molecule has 0 aromatic carbocycles. The summed E-state index contributed by atoms with van der Waals surface area (Å²) in [4.78, 5) is 0. The third-order valence-corrected chi connectivity index (χ3v) is 1.16. The summed E-state index contributed by atoms with van der Waals surface area (Å²) in [5.74, 6) is 0. The maximum absolute atomic E-state index is 8.81. The average molecular weight is 135 g/mol. The van der Waals surface area contributed by atoms with Crippen LogP contribution < -0.4 is 5.73 Å². The number of hydrogen-bond donors (Lipinski definition) is 4. The van der Waals surface area contributed by atoms with E-state index in [2.05, 4.69) is 0 Å². The Morgan fingerprint density at radius 3 is 1.89 bits per heavy atom. The zero-order chi connectivity index (χ0) is 7.44. The summed E-state index contributed by atoms with van der Waals surface area (Å²) in [5.41, 5.74) is 4.86. The SMILES string of the molecule is CCC(O)C(O)C(N)O. The van der Waals surface area contributed by atoms with E-state index in [0.29, 0.717) is 6.42 Å². The highest BCUT2D eigenvalue weighted by atomic mass is 16.4. The quantitative estimate of drug-likeness (QED) is 0.351. The van der Waals surface area contributed by atoms with Gasteiger partial charge in [0.2, 0.25) is 0 Å². The molecule has 0 aromatic rings. The summed E-state index contributed by atoms with van der Waals surface area (Å²) in [5, 5.41) is 26.1. The van der Waals surface area contributed by atoms with Crippen molar-refractivity contribution in [2.75, 3.05) is 0 Å². The van der Waals surface area contributed by atoms with E-state index < -0.39 is 18.4 Å². The van der Waals surface area contributed by atoms with E-state index >= 15 is 0 Å². The largest absolute Gasteiger partial charge is 0.390 e. The Kier molecular flexibility index (Phi) is 3.72. The standard InChI is InChI=1S/C5H13NO3/c1-2-3(7)4(8)5(6)9/h3-5,7-9H,2,6H2,1H3. The Hall–Kier alpha value is -0.160. The van der Waals surface area contributed by atoms with Crippen molar-refractivity contribution in [3.8, 4) is 0 Å². The molecule has 0 aliphatic rings. The van der Waals surface area contributed by atoms with Crippen molar-refractivity contribution in [2.45, 2.75) is 31.8 Å². The van der Waals surface area contributed by atoms with Crippen molar-refractivity contribution in [1.29, 1.82) is 0 Å². The first kappa shape index (κ1) is 8.84. The first-order valence-electron chi connectivity index (χ1n) is 2.89. The summed E-state index contributed by atoms with van der Waals surface area (Å²) in [6.07, 6.45) is -3.12. The van der Waals surface area contributed by atoms with Gasteiger partial charge >= 0.3 is 0 Å². The van der Waals surface area contributed by atoms with Gasteiger partial charge in [-0.3, -0.25) is 0 Å². The molecule has 0 aliphatic carbocycles. The lowest BCUT2D eigenvalue weighted by atomic mass is 10.1. The molecule has 4 heteroatoms. The van der Waals surface area contributed by atoms with Crippen LogP contribution in [-0.2, 0) is 0 Å². The minimum Gasteiger partial charge on any atom is -0.390 e. The molecule has 0 amide bonds. The van der Waals surface area contributed by atoms with E-state index in [1.54, 1.807) is 6.92 Å². The van der Waals surface area contributed by atoms with E-state index in [4.69, 9.17) is 21.1 Å². The molecular weight excluding hydrogens is 122 g/mol. The van der Waals surface area contributed by atoms with Crippen LogP contribution in [0.3, 0.4) is 0 Å². The third-order valence-electron chi connectivity index (χ3n) is 1.16. The molecule has 0 aliphatic heterocycles. The van der Waals surface area contributed by atoms with E-state index in [1.165, 1.54) is 0 Å². The van der Waals surface area contributed by atoms with Crippen LogP contribution in [-0.4, -0.2) is 33.8 Å². The first-order valence-corrected chi connectivity index (χ1v) is 2.89. The molecule has 0 spiro atoms. The molecule has 0 heterocycles. The van der Waals surface area contributed by atoms with Crippen molar-refractivity contribution in [2.24, 2.45) is 5.73 Å². The summed E-state index contributed by atoms with van der Waals surface area (Å²) in [6, 6.07) is 0. The molecule has 3 atom stereocenters. The summed E-state index contributed by atoms with van der Waals surface area (Å²) >= 11 is 0. The molecule has 3 unspecified atom stereocenters. The van der Waals surface area contributed by atoms with Crippen LogP contribution in [0.25, 0.3) is 0 Å². The number of aliphatic hydroxyl groups is 3. The van der Waals surface area contributed by atoms with E-state index in [1.807, 2.05) is 0 Å². The predicted molar refractivity (Wildman–Crippen MR) is 32.5 cm³/mol. The second-order valence-electron chi connectivity index (χ2n) is 1.96. The molecule has 0 bridgehead atoms. The van der Waals surface area contributed by atoms with E-state index in [9.17, 15) is 0 Å². The molecule has 56 valence electrons. The molecule has 0 rings (SSSR count). The molecular formula is C5H13NO3. The van der Waals surface area contributed by atoms with Crippen molar-refractivity contribution >= 4 is 0 Å². The smallest absolute Gasteiger partial charge is 0.131 e. The number of rotatable bonds is 3. The van der Waals surface area contributed by atoms with Gasteiger partial charge in [0.25, 0.3) is 0 Å². The van der Waals surface area contributed by atoms with Gasteiger partial charge in [-0.15, -0.1) is 0 Å². The predicted octanol–water partition coefficient (Wildman–Crippen LogP) is -1.60. The van der Waals surface area contributed by atoms with Gasteiger partial charge in [-0.1, -0.05) is 6.92 Å². The van der Waals surface area contributed by atoms with Crippen molar-refractivity contribution in [3.05, 3.63) is 0 Å². The highest BCUT2D eigenvalue weighted by Crippen LogP contribution is 1.98. The van der Waals surface area contributed by atoms with E-state index in [-0.39, 0.29) is 0 Å². The Balaban J connectivity index is 3.58. The molecule has 5 N–H and O–H groups in total. The van der Waals surface area contributed by atoms with Crippen molar-refractivity contribution in [3.63, 3.8) is 0 Å². The lowest BCUT2D eigenvalue weighted by Gasteiger charge is -2.17. The van der Waals surface area contributed by atoms with Crippen LogP contribution in [0.1, 0.15) is 13.3 Å². The summed E-state index contributed by atoms with van der Waals surface area (Å²) in [7, 11) is 0. The van der Waals surface area contributed by atoms with Gasteiger partial charge in [0.05, 0.1) is 6.10 Å². The Morgan fingerprint density at radius 1 is 1.33 bits per heavy atom. The fourth-order valence-corrected chi connectivity index (χ4v) is 0.469. The number of nitrogens with two attached hydrogens (primary N) is 1. The minimum atomic E-state index is -1.35. The minimum absolute atomic E-state index is 0.384. The molecule has 0 fully saturated rings. The Labute approximate surface area is 53.9 Å². The van der Waals surface area contributed by atoms with Crippen LogP contribution in [0.4, 0.5) is 0 Å². The van der Waals surface area contributed by atoms with Gasteiger partial charge in [0, 0.05) is 0 Å². The van der Waals surface area contributed by atoms with Gasteiger partial charge in [-0.25, -0.2) is 0 Å². The molecule has 0 saturated heterocycles. The summed E-state index contributed by atoms with van der Waals surface area (Å²) < 4.78 is 0. The van der Waals surface area contributed by atoms with Gasteiger partial charge in [0.1, 0.15) is 12.3 Å². The molecule has 0 saturated carbocycles. The van der Waals surface area contributed by atoms with Crippen LogP contribution >= 0.6 is 0 Å². The Morgan fingerprint density at radius 2 is 1.78 bits per heavy atom. The van der Waals surface area contributed by atoms with Crippen molar-refractivity contribution in [1.82, 2.24) is 0 Å². The van der Waals surface area contributed by atoms with Gasteiger partial charge in [-0.2, -0.15) is 0 Å². The monoisotopic (exact) mass is 135 g/mol. The maximum atomic E-state index is 8.81. The maximum Gasteiger partial charge on any atom is 0.131 e. The highest BCUT2D eigenvalue weighted by molar-refractivity contribution is 4.68. The van der Waals surface area contributed by atoms with Gasteiger partial charge in [0.15, 0.2) is 0 Å². The van der Waals surface area contributed by atoms with Gasteiger partial charge in [-0.05, 0) is 6.42 Å².